The second-order valence-electron chi connectivity index (χ2n) is 4.29. The second kappa shape index (κ2) is 3.34. The zero-order valence-electron chi connectivity index (χ0n) is 8.82. The van der Waals surface area contributed by atoms with E-state index in [-0.39, 0.29) is 13.2 Å². The van der Waals surface area contributed by atoms with Gasteiger partial charge in [0.15, 0.2) is 0 Å². The summed E-state index contributed by atoms with van der Waals surface area (Å²) in [6.45, 7) is 1.09. The van der Waals surface area contributed by atoms with Crippen molar-refractivity contribution >= 4 is 11.9 Å². The van der Waals surface area contributed by atoms with E-state index in [9.17, 15) is 22.8 Å². The molecule has 0 aromatic heterocycles. The summed E-state index contributed by atoms with van der Waals surface area (Å²) in [5.41, 5.74) is -1.19. The maximum absolute atomic E-state index is 12.3. The van der Waals surface area contributed by atoms with Gasteiger partial charge in [0.25, 0.3) is 0 Å². The largest absolute Gasteiger partial charge is 0.481 e. The van der Waals surface area contributed by atoms with Gasteiger partial charge in [-0.05, 0) is 6.92 Å². The van der Waals surface area contributed by atoms with Gasteiger partial charge in [-0.25, -0.2) is 0 Å². The number of ether oxygens (including phenoxy) is 1. The quantitative estimate of drug-likeness (QED) is 0.727. The van der Waals surface area contributed by atoms with Crippen LogP contribution in [0, 0.1) is 5.92 Å². The highest BCUT2D eigenvalue weighted by Gasteiger charge is 2.73. The van der Waals surface area contributed by atoms with Gasteiger partial charge in [0.2, 0.25) is 0 Å². The molecule has 1 aliphatic heterocycles. The SMILES string of the molecule is CC12OCCN(C(=O)C(F)(F)F)C1C2C(=O)O. The molecule has 17 heavy (non-hydrogen) atoms. The van der Waals surface area contributed by atoms with Gasteiger partial charge in [-0.3, -0.25) is 9.59 Å². The van der Waals surface area contributed by atoms with Crippen LogP contribution in [0.15, 0.2) is 0 Å². The molecule has 8 heteroatoms. The number of hydrogen-bond acceptors (Lipinski definition) is 3. The maximum atomic E-state index is 12.3. The number of aliphatic carboxylic acids is 1. The number of hydrogen-bond donors (Lipinski definition) is 1. The van der Waals surface area contributed by atoms with Gasteiger partial charge >= 0.3 is 18.1 Å². The number of nitrogens with zero attached hydrogens (tertiary/aromatic N) is 1. The lowest BCUT2D eigenvalue weighted by Gasteiger charge is -2.30. The number of rotatable bonds is 1. The average Bonchev–Trinajstić information content (AvgIpc) is 2.81. The molecular formula is C9H10F3NO4. The Bertz CT molecular complexity index is 383. The Morgan fingerprint density at radius 3 is 2.53 bits per heavy atom. The smallest absolute Gasteiger partial charge is 0.471 e. The lowest BCUT2D eigenvalue weighted by atomic mass is 10.3. The number of morpholine rings is 1. The van der Waals surface area contributed by atoms with Crippen LogP contribution in [0.2, 0.25) is 0 Å². The third-order valence-corrected chi connectivity index (χ3v) is 3.26. The third-order valence-electron chi connectivity index (χ3n) is 3.26. The van der Waals surface area contributed by atoms with E-state index in [0.717, 1.165) is 0 Å². The van der Waals surface area contributed by atoms with Gasteiger partial charge in [-0.2, -0.15) is 13.2 Å². The highest BCUT2D eigenvalue weighted by atomic mass is 19.4. The first-order valence-electron chi connectivity index (χ1n) is 4.94. The van der Waals surface area contributed by atoms with Crippen LogP contribution in [0.5, 0.6) is 0 Å². The van der Waals surface area contributed by atoms with Crippen molar-refractivity contribution in [2.24, 2.45) is 5.92 Å². The van der Waals surface area contributed by atoms with Gasteiger partial charge in [0.05, 0.1) is 12.6 Å². The fourth-order valence-corrected chi connectivity index (χ4v) is 2.41. The van der Waals surface area contributed by atoms with Crippen LogP contribution in [-0.2, 0) is 14.3 Å². The van der Waals surface area contributed by atoms with Crippen molar-refractivity contribution in [1.82, 2.24) is 4.90 Å². The lowest BCUT2D eigenvalue weighted by molar-refractivity contribution is -0.190. The summed E-state index contributed by atoms with van der Waals surface area (Å²) in [5.74, 6) is -4.34. The number of amides is 1. The molecule has 0 aromatic rings. The number of fused-ring (bicyclic) bond motifs is 1. The van der Waals surface area contributed by atoms with E-state index in [4.69, 9.17) is 9.84 Å². The zero-order valence-corrected chi connectivity index (χ0v) is 8.82. The van der Waals surface area contributed by atoms with Crippen LogP contribution in [0.25, 0.3) is 0 Å². The normalized spacial score (nSPS) is 36.4. The minimum Gasteiger partial charge on any atom is -0.481 e. The molecule has 1 heterocycles. The molecule has 96 valence electrons. The van der Waals surface area contributed by atoms with E-state index >= 15 is 0 Å². The molecule has 0 spiro atoms. The highest BCUT2D eigenvalue weighted by molar-refractivity contribution is 5.86. The molecular weight excluding hydrogens is 243 g/mol. The molecule has 5 nitrogen and oxygen atoms in total. The van der Waals surface area contributed by atoms with Crippen molar-refractivity contribution < 1.29 is 32.6 Å². The monoisotopic (exact) mass is 253 g/mol. The van der Waals surface area contributed by atoms with Crippen LogP contribution in [0.1, 0.15) is 6.92 Å². The molecule has 1 saturated heterocycles. The van der Waals surface area contributed by atoms with Crippen molar-refractivity contribution in [3.8, 4) is 0 Å². The van der Waals surface area contributed by atoms with Gasteiger partial charge < -0.3 is 14.7 Å². The van der Waals surface area contributed by atoms with Crippen LogP contribution in [0.4, 0.5) is 13.2 Å². The molecule has 2 fully saturated rings. The number of carboxylic acids is 1. The molecule has 2 aliphatic rings. The summed E-state index contributed by atoms with van der Waals surface area (Å²) in [6.07, 6.45) is -4.98. The van der Waals surface area contributed by atoms with E-state index in [2.05, 4.69) is 0 Å². The van der Waals surface area contributed by atoms with Crippen LogP contribution in [-0.4, -0.2) is 52.9 Å². The van der Waals surface area contributed by atoms with E-state index in [1.165, 1.54) is 6.92 Å². The van der Waals surface area contributed by atoms with Gasteiger partial charge in [0.1, 0.15) is 11.5 Å². The molecule has 1 aliphatic carbocycles. The van der Waals surface area contributed by atoms with Crippen molar-refractivity contribution in [2.75, 3.05) is 13.2 Å². The molecule has 2 rings (SSSR count). The Hall–Kier alpha value is -1.31. The minimum atomic E-state index is -4.98. The summed E-state index contributed by atoms with van der Waals surface area (Å²) in [6, 6.07) is -1.03. The Kier molecular flexibility index (Phi) is 2.39. The molecule has 3 unspecified atom stereocenters. The molecule has 1 amide bonds. The Morgan fingerprint density at radius 2 is 2.06 bits per heavy atom. The predicted molar refractivity (Wildman–Crippen MR) is 47.0 cm³/mol. The number of carbonyl (C=O) groups excluding carboxylic acids is 1. The Labute approximate surface area is 94.1 Å². The van der Waals surface area contributed by atoms with Crippen molar-refractivity contribution in [1.29, 1.82) is 0 Å². The average molecular weight is 253 g/mol. The minimum absolute atomic E-state index is 0.0847. The molecule has 0 bridgehead atoms. The maximum Gasteiger partial charge on any atom is 0.471 e. The summed E-state index contributed by atoms with van der Waals surface area (Å²) < 4.78 is 42.1. The van der Waals surface area contributed by atoms with Gasteiger partial charge in [-0.15, -0.1) is 0 Å². The van der Waals surface area contributed by atoms with Crippen LogP contribution < -0.4 is 0 Å². The fourth-order valence-electron chi connectivity index (χ4n) is 2.41. The molecule has 3 atom stereocenters. The van der Waals surface area contributed by atoms with Gasteiger partial charge in [-0.1, -0.05) is 0 Å². The standard InChI is InChI=1S/C9H10F3NO4/c1-8-4(6(14)15)5(8)13(2-3-17-8)7(16)9(10,11)12/h4-5H,2-3H2,1H3,(H,14,15). The molecule has 0 aromatic carbocycles. The molecule has 1 N–H and O–H groups in total. The summed E-state index contributed by atoms with van der Waals surface area (Å²) in [5, 5.41) is 8.85. The Balaban J connectivity index is 2.22. The zero-order chi connectivity index (χ0) is 13.0. The van der Waals surface area contributed by atoms with Crippen molar-refractivity contribution in [3.63, 3.8) is 0 Å². The lowest BCUT2D eigenvalue weighted by Crippen LogP contribution is -2.49. The second-order valence-corrected chi connectivity index (χ2v) is 4.29. The summed E-state index contributed by atoms with van der Waals surface area (Å²) >= 11 is 0. The first-order chi connectivity index (χ1) is 7.69. The topological polar surface area (TPSA) is 66.8 Å². The molecule has 1 saturated carbocycles. The van der Waals surface area contributed by atoms with E-state index in [0.29, 0.717) is 4.90 Å². The summed E-state index contributed by atoms with van der Waals surface area (Å²) in [4.78, 5) is 22.5. The fraction of sp³-hybridized carbons (Fsp3) is 0.778. The third kappa shape index (κ3) is 1.67. The number of carbonyl (C=O) groups is 2. The van der Waals surface area contributed by atoms with Crippen molar-refractivity contribution in [2.45, 2.75) is 24.7 Å². The van der Waals surface area contributed by atoms with E-state index < -0.39 is 35.6 Å². The molecule has 0 radical (unpaired) electrons. The van der Waals surface area contributed by atoms with E-state index in [1.807, 2.05) is 0 Å². The van der Waals surface area contributed by atoms with Crippen molar-refractivity contribution in [3.05, 3.63) is 0 Å². The van der Waals surface area contributed by atoms with E-state index in [1.54, 1.807) is 0 Å². The van der Waals surface area contributed by atoms with Crippen LogP contribution >= 0.6 is 0 Å². The predicted octanol–water partition coefficient (Wildman–Crippen LogP) is 0.249. The first-order valence-corrected chi connectivity index (χ1v) is 4.94. The van der Waals surface area contributed by atoms with Crippen LogP contribution in [0.3, 0.4) is 0 Å². The number of carboxylic acid groups (broad SMARTS) is 1. The first kappa shape index (κ1) is 12.2. The summed E-state index contributed by atoms with van der Waals surface area (Å²) in [7, 11) is 0. The number of alkyl halides is 3. The van der Waals surface area contributed by atoms with Gasteiger partial charge in [0, 0.05) is 6.54 Å². The Morgan fingerprint density at radius 1 is 1.47 bits per heavy atom. The number of halogens is 3. The highest BCUT2D eigenvalue weighted by Crippen LogP contribution is 2.53.